The number of rotatable bonds is 5. The van der Waals surface area contributed by atoms with Crippen LogP contribution >= 0.6 is 0 Å². The van der Waals surface area contributed by atoms with E-state index >= 15 is 0 Å². The minimum atomic E-state index is -0.739. The van der Waals surface area contributed by atoms with Gasteiger partial charge in [-0.15, -0.1) is 0 Å². The first-order chi connectivity index (χ1) is 14.2. The van der Waals surface area contributed by atoms with Crippen LogP contribution in [0.25, 0.3) is 0 Å². The van der Waals surface area contributed by atoms with Gasteiger partial charge in [-0.2, -0.15) is 0 Å². The number of likely N-dealkylation sites (tertiary alicyclic amines) is 1. The number of nitrogens with zero attached hydrogens (tertiary/aromatic N) is 3. The Morgan fingerprint density at radius 3 is 2.50 bits per heavy atom. The first kappa shape index (κ1) is 21.0. The van der Waals surface area contributed by atoms with Crippen molar-refractivity contribution in [3.63, 3.8) is 0 Å². The van der Waals surface area contributed by atoms with E-state index in [1.807, 2.05) is 4.90 Å². The van der Waals surface area contributed by atoms with Gasteiger partial charge in [-0.25, -0.2) is 4.79 Å². The van der Waals surface area contributed by atoms with Gasteiger partial charge >= 0.3 is 5.97 Å². The summed E-state index contributed by atoms with van der Waals surface area (Å²) in [7, 11) is 1.32. The van der Waals surface area contributed by atoms with Gasteiger partial charge < -0.3 is 9.84 Å². The molecule has 30 heavy (non-hydrogen) atoms. The van der Waals surface area contributed by atoms with Gasteiger partial charge in [0.25, 0.3) is 5.91 Å². The smallest absolute Gasteiger partial charge is 0.337 e. The standard InChI is InChI=1S/C22H29N3O5/c1-14(2)9-23-12-22(13-23)21(29)24(19(27)18-8-17(26)11-25(18)22)10-15-4-6-16(7-5-15)20(28)30-3/h4-7,14,17-18,26H,8-13H2,1-3H3. The van der Waals surface area contributed by atoms with Crippen molar-refractivity contribution in [2.24, 2.45) is 5.92 Å². The van der Waals surface area contributed by atoms with E-state index in [0.29, 0.717) is 37.5 Å². The summed E-state index contributed by atoms with van der Waals surface area (Å²) >= 11 is 0. The lowest BCUT2D eigenvalue weighted by atomic mass is 9.82. The van der Waals surface area contributed by atoms with Gasteiger partial charge in [-0.05, 0) is 30.0 Å². The fourth-order valence-corrected chi connectivity index (χ4v) is 5.03. The fraction of sp³-hybridized carbons (Fsp3) is 0.591. The summed E-state index contributed by atoms with van der Waals surface area (Å²) in [6.07, 6.45) is -0.238. The number of carbonyl (C=O) groups excluding carboxylic acids is 3. The summed E-state index contributed by atoms with van der Waals surface area (Å²) in [5.41, 5.74) is 0.448. The van der Waals surface area contributed by atoms with Crippen molar-refractivity contribution >= 4 is 17.8 Å². The molecule has 1 spiro atoms. The Morgan fingerprint density at radius 1 is 1.23 bits per heavy atom. The highest BCUT2D eigenvalue weighted by molar-refractivity contribution is 6.06. The van der Waals surface area contributed by atoms with Crippen LogP contribution in [-0.2, 0) is 20.9 Å². The molecule has 0 saturated carbocycles. The van der Waals surface area contributed by atoms with Crippen molar-refractivity contribution in [1.82, 2.24) is 14.7 Å². The Labute approximate surface area is 176 Å². The molecule has 2 amide bonds. The Balaban J connectivity index is 1.57. The highest BCUT2D eigenvalue weighted by atomic mass is 16.5. The third kappa shape index (κ3) is 3.42. The van der Waals surface area contributed by atoms with E-state index in [1.165, 1.54) is 12.0 Å². The lowest BCUT2D eigenvalue weighted by Crippen LogP contribution is -2.81. The molecule has 1 aromatic rings. The van der Waals surface area contributed by atoms with Crippen LogP contribution in [0.2, 0.25) is 0 Å². The molecule has 2 unspecified atom stereocenters. The van der Waals surface area contributed by atoms with Crippen molar-refractivity contribution < 1.29 is 24.2 Å². The number of carbonyl (C=O) groups is 3. The molecular formula is C22H29N3O5. The van der Waals surface area contributed by atoms with Crippen molar-refractivity contribution in [3.8, 4) is 0 Å². The number of esters is 1. The molecule has 0 radical (unpaired) electrons. The molecule has 1 aromatic carbocycles. The summed E-state index contributed by atoms with van der Waals surface area (Å²) in [5.74, 6) is -0.371. The number of β-amino-alcohol motifs (C(OH)–C–C–N with tert-alkyl or cyclic N) is 1. The molecule has 1 N–H and O–H groups in total. The molecule has 0 aliphatic carbocycles. The van der Waals surface area contributed by atoms with Crippen LogP contribution in [-0.4, -0.2) is 88.6 Å². The van der Waals surface area contributed by atoms with Gasteiger partial charge in [0.2, 0.25) is 5.91 Å². The Kier molecular flexibility index (Phi) is 5.42. The second-order valence-electron chi connectivity index (χ2n) is 9.07. The van der Waals surface area contributed by atoms with Gasteiger partial charge in [0.05, 0.1) is 31.4 Å². The zero-order valence-electron chi connectivity index (χ0n) is 17.7. The molecule has 0 aromatic heterocycles. The number of amides is 2. The lowest BCUT2D eigenvalue weighted by Gasteiger charge is -2.59. The molecule has 0 bridgehead atoms. The van der Waals surface area contributed by atoms with E-state index in [9.17, 15) is 19.5 Å². The zero-order chi connectivity index (χ0) is 21.6. The van der Waals surface area contributed by atoms with E-state index in [2.05, 4.69) is 18.7 Å². The third-order valence-corrected chi connectivity index (χ3v) is 6.33. The number of benzene rings is 1. The van der Waals surface area contributed by atoms with Crippen molar-refractivity contribution in [3.05, 3.63) is 35.4 Å². The number of piperazine rings is 1. The average molecular weight is 415 g/mol. The quantitative estimate of drug-likeness (QED) is 0.553. The van der Waals surface area contributed by atoms with Gasteiger partial charge in [0, 0.05) is 26.2 Å². The number of methoxy groups -OCH3 is 1. The van der Waals surface area contributed by atoms with E-state index in [1.54, 1.807) is 24.3 Å². The highest BCUT2D eigenvalue weighted by Crippen LogP contribution is 2.41. The number of fused-ring (bicyclic) bond motifs is 2. The second-order valence-corrected chi connectivity index (χ2v) is 9.07. The number of aliphatic hydroxyl groups excluding tert-OH is 1. The monoisotopic (exact) mass is 415 g/mol. The van der Waals surface area contributed by atoms with Crippen LogP contribution in [0.1, 0.15) is 36.2 Å². The summed E-state index contributed by atoms with van der Waals surface area (Å²) < 4.78 is 4.71. The normalized spacial score (nSPS) is 26.2. The molecular weight excluding hydrogens is 386 g/mol. The number of imide groups is 1. The summed E-state index contributed by atoms with van der Waals surface area (Å²) in [6, 6.07) is 6.28. The number of hydrogen-bond donors (Lipinski definition) is 1. The third-order valence-electron chi connectivity index (χ3n) is 6.33. The molecule has 3 saturated heterocycles. The van der Waals surface area contributed by atoms with Gasteiger partial charge in [-0.3, -0.25) is 24.3 Å². The minimum Gasteiger partial charge on any atom is -0.465 e. The summed E-state index contributed by atoms with van der Waals surface area (Å²) in [5, 5.41) is 10.2. The van der Waals surface area contributed by atoms with Crippen LogP contribution in [0.3, 0.4) is 0 Å². The molecule has 2 atom stereocenters. The van der Waals surface area contributed by atoms with E-state index in [4.69, 9.17) is 4.74 Å². The fourth-order valence-electron chi connectivity index (χ4n) is 5.03. The van der Waals surface area contributed by atoms with Crippen molar-refractivity contribution in [2.75, 3.05) is 33.3 Å². The van der Waals surface area contributed by atoms with Gasteiger partial charge in [-0.1, -0.05) is 26.0 Å². The van der Waals surface area contributed by atoms with Crippen molar-refractivity contribution in [2.45, 2.75) is 44.5 Å². The topological polar surface area (TPSA) is 90.4 Å². The molecule has 4 rings (SSSR count). The second kappa shape index (κ2) is 7.76. The van der Waals surface area contributed by atoms with Crippen LogP contribution in [0.5, 0.6) is 0 Å². The molecule has 8 heteroatoms. The van der Waals surface area contributed by atoms with Gasteiger partial charge in [0.15, 0.2) is 0 Å². The zero-order valence-corrected chi connectivity index (χ0v) is 17.7. The molecule has 162 valence electrons. The predicted molar refractivity (Wildman–Crippen MR) is 108 cm³/mol. The molecule has 3 fully saturated rings. The highest BCUT2D eigenvalue weighted by Gasteiger charge is 2.64. The molecule has 3 aliphatic heterocycles. The molecule has 3 aliphatic rings. The lowest BCUT2D eigenvalue weighted by molar-refractivity contribution is -0.181. The van der Waals surface area contributed by atoms with Gasteiger partial charge in [0.1, 0.15) is 5.54 Å². The average Bonchev–Trinajstić information content (AvgIpc) is 3.08. The van der Waals surface area contributed by atoms with E-state index in [-0.39, 0.29) is 18.4 Å². The first-order valence-corrected chi connectivity index (χ1v) is 10.5. The molecule has 8 nitrogen and oxygen atoms in total. The Morgan fingerprint density at radius 2 is 1.90 bits per heavy atom. The Hall–Kier alpha value is -2.29. The number of ether oxygens (including phenoxy) is 1. The largest absolute Gasteiger partial charge is 0.465 e. The van der Waals surface area contributed by atoms with E-state index < -0.39 is 23.7 Å². The summed E-state index contributed by atoms with van der Waals surface area (Å²) in [6.45, 7) is 6.87. The van der Waals surface area contributed by atoms with Crippen LogP contribution in [0.15, 0.2) is 24.3 Å². The van der Waals surface area contributed by atoms with Crippen LogP contribution in [0, 0.1) is 5.92 Å². The molecule has 3 heterocycles. The maximum Gasteiger partial charge on any atom is 0.337 e. The summed E-state index contributed by atoms with van der Waals surface area (Å²) in [4.78, 5) is 43.8. The SMILES string of the molecule is COC(=O)c1ccc(CN2C(=O)C3CC(O)CN3C3(CN(CC(C)C)C3)C2=O)cc1. The maximum absolute atomic E-state index is 13.5. The predicted octanol–water partition coefficient (Wildman–Crippen LogP) is 0.488. The maximum atomic E-state index is 13.5. The van der Waals surface area contributed by atoms with Crippen LogP contribution < -0.4 is 0 Å². The van der Waals surface area contributed by atoms with Crippen LogP contribution in [0.4, 0.5) is 0 Å². The van der Waals surface area contributed by atoms with E-state index in [0.717, 1.165) is 12.1 Å². The first-order valence-electron chi connectivity index (χ1n) is 10.5. The number of hydrogen-bond acceptors (Lipinski definition) is 7. The minimum absolute atomic E-state index is 0.158. The number of aliphatic hydroxyl groups is 1. The Bertz CT molecular complexity index is 847. The van der Waals surface area contributed by atoms with Crippen molar-refractivity contribution in [1.29, 1.82) is 0 Å².